The topological polar surface area (TPSA) is 142 Å². The van der Waals surface area contributed by atoms with Crippen molar-refractivity contribution < 1.29 is 29.2 Å². The first kappa shape index (κ1) is 16.1. The number of aliphatic hydroxyl groups is 2. The van der Waals surface area contributed by atoms with E-state index in [1.165, 1.54) is 0 Å². The molecule has 22 heavy (non-hydrogen) atoms. The van der Waals surface area contributed by atoms with Crippen LogP contribution in [0.1, 0.15) is 11.8 Å². The standard InChI is InChI=1S/C12H13FN2O7/c13-8-9(19)6(4-16)22-11(8)15-3-5(1-2-7(17)18)10(20)14-12(15)21/h1-3,6,8-9,11,16,19H,4H2,(H,17,18)(H,14,20,21)/b2-1+/t6-,8?,9+,11-/m1/s1. The van der Waals surface area contributed by atoms with Crippen molar-refractivity contribution >= 4 is 12.0 Å². The highest BCUT2D eigenvalue weighted by atomic mass is 19.1. The number of hydrogen-bond acceptors (Lipinski definition) is 6. The summed E-state index contributed by atoms with van der Waals surface area (Å²) in [5.41, 5.74) is -2.05. The Morgan fingerprint density at radius 2 is 2.18 bits per heavy atom. The Bertz CT molecular complexity index is 710. The maximum absolute atomic E-state index is 14.0. The minimum absolute atomic E-state index is 0.209. The van der Waals surface area contributed by atoms with Crippen LogP contribution in [0.25, 0.3) is 6.08 Å². The van der Waals surface area contributed by atoms with Crippen LogP contribution < -0.4 is 11.2 Å². The van der Waals surface area contributed by atoms with Crippen LogP contribution in [0.3, 0.4) is 0 Å². The van der Waals surface area contributed by atoms with Gasteiger partial charge < -0.3 is 20.1 Å². The summed E-state index contributed by atoms with van der Waals surface area (Å²) in [5.74, 6) is -1.31. The zero-order valence-corrected chi connectivity index (χ0v) is 11.0. The van der Waals surface area contributed by atoms with Crippen molar-refractivity contribution in [1.82, 2.24) is 9.55 Å². The molecule has 0 bridgehead atoms. The quantitative estimate of drug-likeness (QED) is 0.481. The molecule has 1 fully saturated rings. The second-order valence-corrected chi connectivity index (χ2v) is 4.61. The van der Waals surface area contributed by atoms with Crippen molar-refractivity contribution in [1.29, 1.82) is 0 Å². The number of hydrogen-bond donors (Lipinski definition) is 4. The van der Waals surface area contributed by atoms with E-state index < -0.39 is 48.4 Å². The number of ether oxygens (including phenoxy) is 1. The number of carbonyl (C=O) groups is 1. The van der Waals surface area contributed by atoms with E-state index in [9.17, 15) is 23.9 Å². The molecule has 1 aromatic heterocycles. The number of nitrogens with zero attached hydrogens (tertiary/aromatic N) is 1. The van der Waals surface area contributed by atoms with Crippen LogP contribution in [0, 0.1) is 0 Å². The van der Waals surface area contributed by atoms with Gasteiger partial charge in [0.2, 0.25) is 0 Å². The summed E-state index contributed by atoms with van der Waals surface area (Å²) in [6.07, 6.45) is -3.87. The van der Waals surface area contributed by atoms with Gasteiger partial charge in [-0.3, -0.25) is 14.3 Å². The number of aliphatic hydroxyl groups excluding tert-OH is 2. The monoisotopic (exact) mass is 316 g/mol. The van der Waals surface area contributed by atoms with E-state index in [2.05, 4.69) is 0 Å². The average Bonchev–Trinajstić information content (AvgIpc) is 2.74. The molecule has 9 nitrogen and oxygen atoms in total. The van der Waals surface area contributed by atoms with Gasteiger partial charge in [-0.2, -0.15) is 0 Å². The Morgan fingerprint density at radius 3 is 2.73 bits per heavy atom. The van der Waals surface area contributed by atoms with Crippen LogP contribution >= 0.6 is 0 Å². The minimum Gasteiger partial charge on any atom is -0.478 e. The van der Waals surface area contributed by atoms with E-state index in [0.717, 1.165) is 12.3 Å². The fourth-order valence-electron chi connectivity index (χ4n) is 2.05. The molecule has 4 atom stereocenters. The number of halogens is 1. The van der Waals surface area contributed by atoms with Gasteiger partial charge in [0, 0.05) is 12.3 Å². The Morgan fingerprint density at radius 1 is 1.50 bits per heavy atom. The van der Waals surface area contributed by atoms with Gasteiger partial charge in [0.25, 0.3) is 5.56 Å². The molecule has 0 aromatic carbocycles. The molecule has 4 N–H and O–H groups in total. The molecule has 0 radical (unpaired) electrons. The lowest BCUT2D eigenvalue weighted by molar-refractivity contribution is -0.131. The first-order valence-electron chi connectivity index (χ1n) is 6.20. The van der Waals surface area contributed by atoms with Crippen LogP contribution in [0.4, 0.5) is 4.39 Å². The van der Waals surface area contributed by atoms with Gasteiger partial charge in [-0.25, -0.2) is 14.0 Å². The molecule has 0 saturated carbocycles. The second kappa shape index (κ2) is 6.22. The molecule has 2 rings (SSSR count). The third-order valence-corrected chi connectivity index (χ3v) is 3.15. The number of aliphatic carboxylic acids is 1. The number of alkyl halides is 1. The maximum atomic E-state index is 14.0. The summed E-state index contributed by atoms with van der Waals surface area (Å²) >= 11 is 0. The number of rotatable bonds is 4. The Labute approximate surface area is 121 Å². The molecule has 10 heteroatoms. The molecule has 1 aliphatic heterocycles. The smallest absolute Gasteiger partial charge is 0.330 e. The third kappa shape index (κ3) is 2.98. The van der Waals surface area contributed by atoms with E-state index in [1.807, 2.05) is 4.98 Å². The van der Waals surface area contributed by atoms with E-state index in [-0.39, 0.29) is 5.56 Å². The lowest BCUT2D eigenvalue weighted by Gasteiger charge is -2.16. The van der Waals surface area contributed by atoms with Crippen molar-refractivity contribution in [3.05, 3.63) is 38.7 Å². The Balaban J connectivity index is 2.44. The summed E-state index contributed by atoms with van der Waals surface area (Å²) in [6, 6.07) is 0. The zero-order chi connectivity index (χ0) is 16.4. The second-order valence-electron chi connectivity index (χ2n) is 4.61. The minimum atomic E-state index is -2.00. The van der Waals surface area contributed by atoms with Crippen LogP contribution in [0.5, 0.6) is 0 Å². The van der Waals surface area contributed by atoms with Gasteiger partial charge in [-0.05, 0) is 6.08 Å². The van der Waals surface area contributed by atoms with Crippen molar-refractivity contribution in [2.75, 3.05) is 6.61 Å². The van der Waals surface area contributed by atoms with E-state index in [1.54, 1.807) is 0 Å². The Hall–Kier alpha value is -2.30. The number of nitrogens with one attached hydrogen (secondary N) is 1. The first-order valence-corrected chi connectivity index (χ1v) is 6.20. The number of H-pyrrole nitrogens is 1. The molecule has 1 aliphatic rings. The molecule has 2 heterocycles. The average molecular weight is 316 g/mol. The molecule has 0 aliphatic carbocycles. The highest BCUT2D eigenvalue weighted by molar-refractivity contribution is 5.85. The van der Waals surface area contributed by atoms with Crippen molar-refractivity contribution in [2.24, 2.45) is 0 Å². The fourth-order valence-corrected chi connectivity index (χ4v) is 2.05. The normalized spacial score (nSPS) is 28.3. The molecule has 0 amide bonds. The summed E-state index contributed by atoms with van der Waals surface area (Å²) < 4.78 is 19.7. The number of carboxylic acids is 1. The summed E-state index contributed by atoms with van der Waals surface area (Å²) in [4.78, 5) is 35.6. The van der Waals surface area contributed by atoms with Gasteiger partial charge in [0.05, 0.1) is 12.2 Å². The SMILES string of the molecule is O=C(O)/C=C/c1cn([C@@H]2O[C@H](CO)[C@H](O)C2F)c(=O)[nH]c1=O. The molecular formula is C12H13FN2O7. The van der Waals surface area contributed by atoms with Crippen LogP contribution in [-0.2, 0) is 9.53 Å². The third-order valence-electron chi connectivity index (χ3n) is 3.15. The fraction of sp³-hybridized carbons (Fsp3) is 0.417. The summed E-state index contributed by atoms with van der Waals surface area (Å²) in [6.45, 7) is -0.651. The number of aromatic nitrogens is 2. The van der Waals surface area contributed by atoms with Crippen LogP contribution in [0.2, 0.25) is 0 Å². The predicted molar refractivity (Wildman–Crippen MR) is 69.9 cm³/mol. The van der Waals surface area contributed by atoms with Gasteiger partial charge in [-0.1, -0.05) is 0 Å². The first-order chi connectivity index (χ1) is 10.3. The van der Waals surface area contributed by atoms with Crippen molar-refractivity contribution in [2.45, 2.75) is 24.6 Å². The van der Waals surface area contributed by atoms with Gasteiger partial charge in [0.15, 0.2) is 12.4 Å². The zero-order valence-electron chi connectivity index (χ0n) is 11.0. The van der Waals surface area contributed by atoms with E-state index in [4.69, 9.17) is 14.9 Å². The molecule has 1 unspecified atom stereocenters. The molecule has 120 valence electrons. The van der Waals surface area contributed by atoms with Gasteiger partial charge in [-0.15, -0.1) is 0 Å². The number of aromatic amines is 1. The molecule has 0 spiro atoms. The summed E-state index contributed by atoms with van der Waals surface area (Å²) in [5, 5.41) is 27.0. The summed E-state index contributed by atoms with van der Waals surface area (Å²) in [7, 11) is 0. The predicted octanol–water partition coefficient (Wildman–Crippen LogP) is -1.78. The Kier molecular flexibility index (Phi) is 4.54. The highest BCUT2D eigenvalue weighted by Gasteiger charge is 2.45. The van der Waals surface area contributed by atoms with E-state index in [0.29, 0.717) is 10.6 Å². The lowest BCUT2D eigenvalue weighted by Crippen LogP contribution is -2.36. The number of carboxylic acid groups (broad SMARTS) is 1. The van der Waals surface area contributed by atoms with Gasteiger partial charge in [0.1, 0.15) is 12.2 Å². The maximum Gasteiger partial charge on any atom is 0.330 e. The molecule has 1 saturated heterocycles. The van der Waals surface area contributed by atoms with Crippen molar-refractivity contribution in [3.8, 4) is 0 Å². The molecule has 1 aromatic rings. The van der Waals surface area contributed by atoms with Gasteiger partial charge >= 0.3 is 11.7 Å². The molecular weight excluding hydrogens is 303 g/mol. The largest absolute Gasteiger partial charge is 0.478 e. The van der Waals surface area contributed by atoms with E-state index >= 15 is 0 Å². The van der Waals surface area contributed by atoms with Crippen molar-refractivity contribution in [3.63, 3.8) is 0 Å². The lowest BCUT2D eigenvalue weighted by atomic mass is 10.1. The van der Waals surface area contributed by atoms with Crippen LogP contribution in [-0.4, -0.2) is 55.8 Å². The highest BCUT2D eigenvalue weighted by Crippen LogP contribution is 2.30. The van der Waals surface area contributed by atoms with Crippen LogP contribution in [0.15, 0.2) is 21.9 Å².